The monoisotopic (exact) mass is 876 g/mol. The Kier molecular flexibility index (Phi) is 8.18. The maximum Gasteiger partial charge on any atom is 0.137 e. The van der Waals surface area contributed by atoms with Crippen LogP contribution in [-0.4, -0.2) is 0 Å². The van der Waals surface area contributed by atoms with Crippen LogP contribution in [0.3, 0.4) is 0 Å². The highest BCUT2D eigenvalue weighted by molar-refractivity contribution is 6.14. The van der Waals surface area contributed by atoms with Crippen LogP contribution in [0, 0.1) is 0 Å². The Morgan fingerprint density at radius 1 is 0.368 bits per heavy atom. The summed E-state index contributed by atoms with van der Waals surface area (Å²) in [5, 5.41) is 2.15. The lowest BCUT2D eigenvalue weighted by Crippen LogP contribution is -2.18. The molecule has 0 radical (unpaired) electrons. The van der Waals surface area contributed by atoms with Crippen molar-refractivity contribution in [2.75, 3.05) is 9.80 Å². The maximum atomic E-state index is 6.96. The molecule has 326 valence electrons. The van der Waals surface area contributed by atoms with Crippen molar-refractivity contribution in [1.82, 2.24) is 0 Å². The van der Waals surface area contributed by atoms with Gasteiger partial charge in [0.1, 0.15) is 23.0 Å². The van der Waals surface area contributed by atoms with Gasteiger partial charge in [-0.15, -0.1) is 0 Å². The zero-order valence-corrected chi connectivity index (χ0v) is 38.6. The van der Waals surface area contributed by atoms with E-state index in [1.165, 1.54) is 39.0 Å². The summed E-state index contributed by atoms with van der Waals surface area (Å²) in [6.45, 7) is 9.46. The van der Waals surface area contributed by atoms with Crippen LogP contribution in [0.25, 0.3) is 49.7 Å². The second-order valence-electron chi connectivity index (χ2n) is 20.0. The van der Waals surface area contributed by atoms with E-state index in [0.29, 0.717) is 0 Å². The molecule has 0 spiro atoms. The molecule has 14 rings (SSSR count). The van der Waals surface area contributed by atoms with Gasteiger partial charge in [-0.05, 0) is 148 Å². The van der Waals surface area contributed by atoms with Gasteiger partial charge in [-0.3, -0.25) is 0 Å². The van der Waals surface area contributed by atoms with Gasteiger partial charge >= 0.3 is 0 Å². The van der Waals surface area contributed by atoms with E-state index in [9.17, 15) is 0 Å². The Balaban J connectivity index is 0.840. The fourth-order valence-electron chi connectivity index (χ4n) is 12.2. The molecule has 3 aliphatic carbocycles. The SMILES string of the molecule is CC1(C)C2=C(C=CCC2)c2ccc(N(c3ccccc3)c3ccc4c(c3)Oc3ccc5c6c(ccc-4c36)-c3ccc(N(c4ccccc4)c4ccc6c(c4)C(C)(C)c4ccccc4-6)cc3O5)cc21. The van der Waals surface area contributed by atoms with Crippen molar-refractivity contribution in [2.45, 2.75) is 51.4 Å². The minimum Gasteiger partial charge on any atom is -0.456 e. The van der Waals surface area contributed by atoms with Crippen LogP contribution in [0.15, 0.2) is 200 Å². The molecule has 9 aromatic rings. The Bertz CT molecular complexity index is 3690. The summed E-state index contributed by atoms with van der Waals surface area (Å²) in [7, 11) is 0. The number of nitrogens with zero attached hydrogens (tertiary/aromatic N) is 2. The third-order valence-corrected chi connectivity index (χ3v) is 15.6. The molecule has 0 fully saturated rings. The first-order valence-electron chi connectivity index (χ1n) is 24.0. The lowest BCUT2D eigenvalue weighted by atomic mass is 9.78. The fourth-order valence-corrected chi connectivity index (χ4v) is 12.2. The number of hydrogen-bond acceptors (Lipinski definition) is 4. The van der Waals surface area contributed by atoms with Gasteiger partial charge < -0.3 is 19.3 Å². The summed E-state index contributed by atoms with van der Waals surface area (Å²) in [5.41, 5.74) is 21.8. The summed E-state index contributed by atoms with van der Waals surface area (Å²) < 4.78 is 13.9. The summed E-state index contributed by atoms with van der Waals surface area (Å²) in [5.74, 6) is 3.34. The van der Waals surface area contributed by atoms with Crippen LogP contribution in [0.5, 0.6) is 23.0 Å². The lowest BCUT2D eigenvalue weighted by molar-refractivity contribution is 0.475. The van der Waals surface area contributed by atoms with E-state index in [0.717, 1.165) is 103 Å². The fraction of sp³-hybridized carbons (Fsp3) is 0.125. The largest absolute Gasteiger partial charge is 0.456 e. The third kappa shape index (κ3) is 5.55. The molecule has 0 saturated heterocycles. The minimum atomic E-state index is -0.114. The predicted molar refractivity (Wildman–Crippen MR) is 280 cm³/mol. The van der Waals surface area contributed by atoms with Gasteiger partial charge in [0.2, 0.25) is 0 Å². The third-order valence-electron chi connectivity index (χ3n) is 15.6. The van der Waals surface area contributed by atoms with E-state index in [1.54, 1.807) is 5.57 Å². The van der Waals surface area contributed by atoms with Crippen molar-refractivity contribution in [2.24, 2.45) is 0 Å². The number of anilines is 6. The quantitative estimate of drug-likeness (QED) is 0.166. The molecular weight excluding hydrogens is 829 g/mol. The molecule has 0 N–H and O–H groups in total. The topological polar surface area (TPSA) is 24.9 Å². The van der Waals surface area contributed by atoms with Crippen molar-refractivity contribution >= 4 is 50.5 Å². The van der Waals surface area contributed by atoms with E-state index in [4.69, 9.17) is 9.47 Å². The van der Waals surface area contributed by atoms with E-state index >= 15 is 0 Å². The molecule has 0 unspecified atom stereocenters. The zero-order valence-electron chi connectivity index (χ0n) is 38.6. The van der Waals surface area contributed by atoms with E-state index in [1.807, 2.05) is 0 Å². The highest BCUT2D eigenvalue weighted by Gasteiger charge is 2.39. The van der Waals surface area contributed by atoms with Crippen molar-refractivity contribution in [3.63, 3.8) is 0 Å². The zero-order chi connectivity index (χ0) is 45.5. The molecule has 0 amide bonds. The van der Waals surface area contributed by atoms with Crippen LogP contribution in [0.2, 0.25) is 0 Å². The first-order valence-corrected chi connectivity index (χ1v) is 24.0. The molecule has 4 nitrogen and oxygen atoms in total. The highest BCUT2D eigenvalue weighted by Crippen LogP contribution is 2.58. The van der Waals surface area contributed by atoms with Gasteiger partial charge in [0.15, 0.2) is 0 Å². The predicted octanol–water partition coefficient (Wildman–Crippen LogP) is 18.0. The normalized spacial score (nSPS) is 15.6. The molecule has 0 atom stereocenters. The van der Waals surface area contributed by atoms with Crippen LogP contribution in [0.1, 0.15) is 62.8 Å². The molecule has 0 aromatic heterocycles. The van der Waals surface area contributed by atoms with Crippen molar-refractivity contribution < 1.29 is 9.47 Å². The smallest absolute Gasteiger partial charge is 0.137 e. The number of benzene rings is 9. The molecule has 0 bridgehead atoms. The summed E-state index contributed by atoms with van der Waals surface area (Å²) >= 11 is 0. The summed E-state index contributed by atoms with van der Waals surface area (Å²) in [6, 6.07) is 66.2. The maximum absolute atomic E-state index is 6.96. The Morgan fingerprint density at radius 3 is 1.40 bits per heavy atom. The van der Waals surface area contributed by atoms with Crippen LogP contribution < -0.4 is 19.3 Å². The van der Waals surface area contributed by atoms with E-state index in [2.05, 4.69) is 232 Å². The minimum absolute atomic E-state index is 0.0292. The van der Waals surface area contributed by atoms with Gasteiger partial charge in [-0.2, -0.15) is 0 Å². The van der Waals surface area contributed by atoms with Gasteiger partial charge in [-0.25, -0.2) is 0 Å². The molecule has 2 heterocycles. The lowest BCUT2D eigenvalue weighted by Gasteiger charge is -2.31. The van der Waals surface area contributed by atoms with Crippen molar-refractivity contribution in [1.29, 1.82) is 0 Å². The van der Waals surface area contributed by atoms with Gasteiger partial charge in [0, 0.05) is 79.0 Å². The first-order chi connectivity index (χ1) is 33.2. The Morgan fingerprint density at radius 2 is 0.824 bits per heavy atom. The molecule has 0 saturated carbocycles. The number of rotatable bonds is 6. The van der Waals surface area contributed by atoms with Gasteiger partial charge in [-0.1, -0.05) is 130 Å². The van der Waals surface area contributed by atoms with Crippen LogP contribution in [0.4, 0.5) is 34.1 Å². The average Bonchev–Trinajstić information content (AvgIpc) is 3.74. The number of ether oxygens (including phenoxy) is 2. The van der Waals surface area contributed by atoms with Crippen molar-refractivity contribution in [3.05, 3.63) is 222 Å². The second-order valence-corrected chi connectivity index (χ2v) is 20.0. The molecule has 68 heavy (non-hydrogen) atoms. The van der Waals surface area contributed by atoms with Gasteiger partial charge in [0.05, 0.1) is 0 Å². The van der Waals surface area contributed by atoms with Gasteiger partial charge in [0.25, 0.3) is 0 Å². The Hall–Kier alpha value is -8.08. The molecule has 5 aliphatic rings. The highest BCUT2D eigenvalue weighted by atomic mass is 16.5. The molecule has 9 aromatic carbocycles. The number of hydrogen-bond donors (Lipinski definition) is 0. The molecular formula is C64H48N2O2. The number of allylic oxidation sites excluding steroid dienone is 4. The average molecular weight is 877 g/mol. The number of para-hydroxylation sites is 2. The molecule has 2 aliphatic heterocycles. The van der Waals surface area contributed by atoms with E-state index < -0.39 is 0 Å². The molecule has 4 heteroatoms. The second kappa shape index (κ2) is 14.2. The first kappa shape index (κ1) is 39.1. The summed E-state index contributed by atoms with van der Waals surface area (Å²) in [6.07, 6.45) is 6.88. The van der Waals surface area contributed by atoms with Crippen LogP contribution in [-0.2, 0) is 10.8 Å². The standard InChI is InChI=1S/C64H48N2O2/c1-63(2)53-21-13-11-19-45(53)47-27-23-41(35-55(47)63)65(39-15-7-5-8-16-39)43-25-29-49-51-31-32-52-50-30-26-44(38-60(50)68-58-34-33-57(61(51)62(52)58)67-59(49)37-43)66(40-17-9-6-10-18-40)42-24-28-48-46-20-12-14-22-54(46)64(3,4)56(48)36-42/h5-13,15-21,23-38H,14,22H2,1-4H3. The van der Waals surface area contributed by atoms with Crippen molar-refractivity contribution in [3.8, 4) is 56.4 Å². The summed E-state index contributed by atoms with van der Waals surface area (Å²) in [4.78, 5) is 4.72. The van der Waals surface area contributed by atoms with E-state index in [-0.39, 0.29) is 10.8 Å². The number of fused-ring (bicyclic) bond motifs is 9. The Labute approximate surface area is 397 Å². The van der Waals surface area contributed by atoms with Crippen LogP contribution >= 0.6 is 0 Å².